The average Bonchev–Trinajstić information content (AvgIpc) is 2.43. The Morgan fingerprint density at radius 3 is 2.80 bits per heavy atom. The van der Waals surface area contributed by atoms with Crippen molar-refractivity contribution in [2.45, 2.75) is 13.0 Å². The number of anilines is 1. The van der Waals surface area contributed by atoms with Gasteiger partial charge in [0.25, 0.3) is 0 Å². The Bertz CT molecular complexity index is 592. The number of hydrogen-bond donors (Lipinski definition) is 1. The lowest BCUT2D eigenvalue weighted by molar-refractivity contribution is 0.0365. The molecule has 0 spiro atoms. The summed E-state index contributed by atoms with van der Waals surface area (Å²) < 4.78 is 10.4. The third kappa shape index (κ3) is 3.56. The van der Waals surface area contributed by atoms with E-state index in [1.54, 1.807) is 14.2 Å². The molecule has 0 fully saturated rings. The summed E-state index contributed by atoms with van der Waals surface area (Å²) in [6.07, 6.45) is -0.0476. The number of nitrogens with one attached hydrogen (secondary N) is 1. The van der Waals surface area contributed by atoms with Gasteiger partial charge in [0, 0.05) is 26.2 Å². The van der Waals surface area contributed by atoms with E-state index < -0.39 is 0 Å². The van der Waals surface area contributed by atoms with Gasteiger partial charge in [-0.2, -0.15) is 0 Å². The van der Waals surface area contributed by atoms with Crippen LogP contribution in [0.5, 0.6) is 0 Å². The Morgan fingerprint density at radius 1 is 1.30 bits per heavy atom. The molecule has 1 aromatic heterocycles. The summed E-state index contributed by atoms with van der Waals surface area (Å²) in [5.41, 5.74) is 1.96. The minimum absolute atomic E-state index is 0.0476. The molecule has 2 rings (SSSR count). The summed E-state index contributed by atoms with van der Waals surface area (Å²) in [6, 6.07) is 5.97. The van der Waals surface area contributed by atoms with Crippen molar-refractivity contribution in [3.63, 3.8) is 0 Å². The molecule has 0 radical (unpaired) electrons. The normalized spacial score (nSPS) is 12.6. The van der Waals surface area contributed by atoms with Crippen LogP contribution in [0.25, 0.3) is 10.9 Å². The van der Waals surface area contributed by atoms with Gasteiger partial charge in [-0.25, -0.2) is 9.97 Å². The van der Waals surface area contributed by atoms with Gasteiger partial charge >= 0.3 is 0 Å². The molecule has 0 bridgehead atoms. The minimum Gasteiger partial charge on any atom is -0.382 e. The van der Waals surface area contributed by atoms with Gasteiger partial charge in [0.05, 0.1) is 18.2 Å². The molecule has 108 valence electrons. The first-order chi connectivity index (χ1) is 9.63. The largest absolute Gasteiger partial charge is 0.382 e. The monoisotopic (exact) mass is 295 g/mol. The predicted octanol–water partition coefficient (Wildman–Crippen LogP) is 2.66. The molecule has 5 nitrogen and oxygen atoms in total. The smallest absolute Gasteiger partial charge is 0.224 e. The zero-order valence-corrected chi connectivity index (χ0v) is 12.6. The highest BCUT2D eigenvalue weighted by Gasteiger charge is 2.10. The van der Waals surface area contributed by atoms with E-state index in [0.717, 1.165) is 16.5 Å². The van der Waals surface area contributed by atoms with E-state index in [4.69, 9.17) is 21.1 Å². The standard InChI is InChI=1S/C14H18ClN3O2/c1-9-4-5-12-11(6-9)13(18-14(15)17-12)16-7-10(20-3)8-19-2/h4-6,10H,7-8H2,1-3H3,(H,16,17,18). The van der Waals surface area contributed by atoms with Gasteiger partial charge in [0.1, 0.15) is 5.82 Å². The lowest BCUT2D eigenvalue weighted by atomic mass is 10.1. The van der Waals surface area contributed by atoms with Crippen molar-refractivity contribution in [3.05, 3.63) is 29.0 Å². The lowest BCUT2D eigenvalue weighted by Crippen LogP contribution is -2.27. The van der Waals surface area contributed by atoms with Crippen LogP contribution >= 0.6 is 11.6 Å². The number of fused-ring (bicyclic) bond motifs is 1. The van der Waals surface area contributed by atoms with Crippen LogP contribution in [0.4, 0.5) is 5.82 Å². The van der Waals surface area contributed by atoms with Crippen molar-refractivity contribution in [2.75, 3.05) is 32.7 Å². The van der Waals surface area contributed by atoms with Crippen molar-refractivity contribution in [2.24, 2.45) is 0 Å². The number of hydrogen-bond acceptors (Lipinski definition) is 5. The fourth-order valence-electron chi connectivity index (χ4n) is 1.96. The van der Waals surface area contributed by atoms with E-state index in [1.165, 1.54) is 0 Å². The van der Waals surface area contributed by atoms with E-state index in [1.807, 2.05) is 25.1 Å². The molecule has 0 aliphatic rings. The second-order valence-corrected chi connectivity index (χ2v) is 4.89. The van der Waals surface area contributed by atoms with Crippen LogP contribution in [0, 0.1) is 6.92 Å². The number of methoxy groups -OCH3 is 2. The molecule has 1 aromatic carbocycles. The van der Waals surface area contributed by atoms with Crippen molar-refractivity contribution in [3.8, 4) is 0 Å². The first-order valence-electron chi connectivity index (χ1n) is 6.33. The molecule has 0 aliphatic carbocycles. The first-order valence-corrected chi connectivity index (χ1v) is 6.71. The highest BCUT2D eigenvalue weighted by Crippen LogP contribution is 2.23. The summed E-state index contributed by atoms with van der Waals surface area (Å²) in [5, 5.41) is 4.42. The van der Waals surface area contributed by atoms with E-state index in [-0.39, 0.29) is 11.4 Å². The van der Waals surface area contributed by atoms with Crippen LogP contribution in [0.3, 0.4) is 0 Å². The second-order valence-electron chi connectivity index (χ2n) is 4.56. The number of nitrogens with zero attached hydrogens (tertiary/aromatic N) is 2. The maximum atomic E-state index is 5.96. The number of ether oxygens (including phenoxy) is 2. The predicted molar refractivity (Wildman–Crippen MR) is 80.4 cm³/mol. The molecule has 0 aliphatic heterocycles. The summed E-state index contributed by atoms with van der Waals surface area (Å²) in [4.78, 5) is 8.48. The molecular weight excluding hydrogens is 278 g/mol. The Morgan fingerprint density at radius 2 is 2.10 bits per heavy atom. The lowest BCUT2D eigenvalue weighted by Gasteiger charge is -2.16. The van der Waals surface area contributed by atoms with Crippen molar-refractivity contribution < 1.29 is 9.47 Å². The summed E-state index contributed by atoms with van der Waals surface area (Å²) in [7, 11) is 3.30. The number of halogens is 1. The van der Waals surface area contributed by atoms with Gasteiger partial charge < -0.3 is 14.8 Å². The quantitative estimate of drug-likeness (QED) is 0.830. The van der Waals surface area contributed by atoms with Gasteiger partial charge in [-0.15, -0.1) is 0 Å². The average molecular weight is 296 g/mol. The van der Waals surface area contributed by atoms with Crippen LogP contribution in [0.2, 0.25) is 5.28 Å². The fraction of sp³-hybridized carbons (Fsp3) is 0.429. The highest BCUT2D eigenvalue weighted by molar-refractivity contribution is 6.28. The Labute approximate surface area is 123 Å². The molecule has 20 heavy (non-hydrogen) atoms. The summed E-state index contributed by atoms with van der Waals surface area (Å²) in [5.74, 6) is 0.710. The molecule has 0 amide bonds. The molecule has 6 heteroatoms. The van der Waals surface area contributed by atoms with Crippen molar-refractivity contribution >= 4 is 28.3 Å². The molecule has 0 saturated carbocycles. The second kappa shape index (κ2) is 6.83. The summed E-state index contributed by atoms with van der Waals surface area (Å²) in [6.45, 7) is 3.13. The minimum atomic E-state index is -0.0476. The van der Waals surface area contributed by atoms with Crippen LogP contribution < -0.4 is 5.32 Å². The molecular formula is C14H18ClN3O2. The highest BCUT2D eigenvalue weighted by atomic mass is 35.5. The molecule has 1 heterocycles. The molecule has 1 N–H and O–H groups in total. The third-order valence-corrected chi connectivity index (χ3v) is 3.18. The van der Waals surface area contributed by atoms with Crippen LogP contribution in [-0.4, -0.2) is 43.4 Å². The van der Waals surface area contributed by atoms with E-state index in [2.05, 4.69) is 15.3 Å². The van der Waals surface area contributed by atoms with E-state index >= 15 is 0 Å². The van der Waals surface area contributed by atoms with Crippen molar-refractivity contribution in [1.29, 1.82) is 0 Å². The fourth-order valence-corrected chi connectivity index (χ4v) is 2.13. The van der Waals surface area contributed by atoms with Gasteiger partial charge in [-0.05, 0) is 30.7 Å². The summed E-state index contributed by atoms with van der Waals surface area (Å²) >= 11 is 5.96. The number of aromatic nitrogens is 2. The zero-order valence-electron chi connectivity index (χ0n) is 11.8. The third-order valence-electron chi connectivity index (χ3n) is 3.01. The van der Waals surface area contributed by atoms with Crippen LogP contribution in [0.1, 0.15) is 5.56 Å². The van der Waals surface area contributed by atoms with Gasteiger partial charge in [0.2, 0.25) is 5.28 Å². The Hall–Kier alpha value is -1.43. The Kier molecular flexibility index (Phi) is 5.11. The molecule has 1 atom stereocenters. The van der Waals surface area contributed by atoms with Gasteiger partial charge in [0.15, 0.2) is 0 Å². The molecule has 2 aromatic rings. The SMILES string of the molecule is COCC(CNc1nc(Cl)nc2ccc(C)cc12)OC. The number of aryl methyl sites for hydroxylation is 1. The van der Waals surface area contributed by atoms with Crippen molar-refractivity contribution in [1.82, 2.24) is 9.97 Å². The molecule has 1 unspecified atom stereocenters. The van der Waals surface area contributed by atoms with E-state index in [0.29, 0.717) is 19.0 Å². The maximum Gasteiger partial charge on any atom is 0.224 e. The molecule has 0 saturated heterocycles. The number of benzene rings is 1. The Balaban J connectivity index is 2.26. The van der Waals surface area contributed by atoms with Gasteiger partial charge in [-0.1, -0.05) is 11.6 Å². The maximum absolute atomic E-state index is 5.96. The van der Waals surface area contributed by atoms with E-state index in [9.17, 15) is 0 Å². The van der Waals surface area contributed by atoms with Crippen LogP contribution in [-0.2, 0) is 9.47 Å². The topological polar surface area (TPSA) is 56.3 Å². The van der Waals surface area contributed by atoms with Gasteiger partial charge in [-0.3, -0.25) is 0 Å². The zero-order chi connectivity index (χ0) is 14.5. The number of rotatable bonds is 6. The first kappa shape index (κ1) is 15.0. The van der Waals surface area contributed by atoms with Crippen LogP contribution in [0.15, 0.2) is 18.2 Å².